The fourth-order valence-corrected chi connectivity index (χ4v) is 0.849. The highest BCUT2D eigenvalue weighted by Gasteiger charge is 2.14. The van der Waals surface area contributed by atoms with E-state index in [0.29, 0.717) is 0 Å². The molecular formula is C7H8N2O3. The van der Waals surface area contributed by atoms with Crippen molar-refractivity contribution in [3.8, 4) is 5.75 Å². The van der Waals surface area contributed by atoms with Crippen LogP contribution in [0.4, 0.5) is 11.4 Å². The molecule has 0 unspecified atom stereocenters. The number of benzene rings is 1. The van der Waals surface area contributed by atoms with E-state index in [-0.39, 0.29) is 22.7 Å². The van der Waals surface area contributed by atoms with Gasteiger partial charge in [0, 0.05) is 0 Å². The second kappa shape index (κ2) is 2.61. The number of hydrogen-bond donors (Lipinski definition) is 4. The molecule has 0 heterocycles. The van der Waals surface area contributed by atoms with E-state index in [1.54, 1.807) is 0 Å². The second-order valence-corrected chi connectivity index (χ2v) is 2.27. The van der Waals surface area contributed by atoms with Crippen LogP contribution in [0.1, 0.15) is 10.4 Å². The van der Waals surface area contributed by atoms with Crippen LogP contribution >= 0.6 is 0 Å². The van der Waals surface area contributed by atoms with Gasteiger partial charge in [0.25, 0.3) is 0 Å². The van der Waals surface area contributed by atoms with Crippen LogP contribution in [0.15, 0.2) is 12.1 Å². The molecule has 5 nitrogen and oxygen atoms in total. The van der Waals surface area contributed by atoms with E-state index in [0.717, 1.165) is 0 Å². The Morgan fingerprint density at radius 3 is 2.33 bits per heavy atom. The van der Waals surface area contributed by atoms with E-state index in [4.69, 9.17) is 21.7 Å². The van der Waals surface area contributed by atoms with Crippen molar-refractivity contribution in [2.75, 3.05) is 11.5 Å². The lowest BCUT2D eigenvalue weighted by atomic mass is 10.1. The van der Waals surface area contributed by atoms with Crippen LogP contribution in [0.5, 0.6) is 5.75 Å². The lowest BCUT2D eigenvalue weighted by Crippen LogP contribution is -2.05. The summed E-state index contributed by atoms with van der Waals surface area (Å²) >= 11 is 0. The van der Waals surface area contributed by atoms with Gasteiger partial charge in [-0.1, -0.05) is 0 Å². The molecular weight excluding hydrogens is 160 g/mol. The molecule has 5 heteroatoms. The van der Waals surface area contributed by atoms with Crippen molar-refractivity contribution in [3.63, 3.8) is 0 Å². The van der Waals surface area contributed by atoms with Gasteiger partial charge in [-0.05, 0) is 12.1 Å². The van der Waals surface area contributed by atoms with Crippen LogP contribution in [0.3, 0.4) is 0 Å². The topological polar surface area (TPSA) is 110 Å². The molecule has 64 valence electrons. The third-order valence-corrected chi connectivity index (χ3v) is 1.47. The molecule has 0 radical (unpaired) electrons. The van der Waals surface area contributed by atoms with Gasteiger partial charge in [0.1, 0.15) is 11.3 Å². The quantitative estimate of drug-likeness (QED) is 0.355. The maximum Gasteiger partial charge on any atom is 0.341 e. The number of aromatic carboxylic acids is 1. The molecule has 6 N–H and O–H groups in total. The van der Waals surface area contributed by atoms with Gasteiger partial charge < -0.3 is 21.7 Å². The van der Waals surface area contributed by atoms with Gasteiger partial charge in [0.05, 0.1) is 11.4 Å². The average molecular weight is 168 g/mol. The summed E-state index contributed by atoms with van der Waals surface area (Å²) in [5, 5.41) is 17.6. The fraction of sp³-hybridized carbons (Fsp3) is 0. The third kappa shape index (κ3) is 1.12. The lowest BCUT2D eigenvalue weighted by Gasteiger charge is -2.05. The number of hydrogen-bond acceptors (Lipinski definition) is 4. The normalized spacial score (nSPS) is 9.67. The summed E-state index contributed by atoms with van der Waals surface area (Å²) in [7, 11) is 0. The molecule has 0 aliphatic carbocycles. The van der Waals surface area contributed by atoms with Crippen molar-refractivity contribution in [2.45, 2.75) is 0 Å². The van der Waals surface area contributed by atoms with Crippen LogP contribution in [-0.2, 0) is 0 Å². The first-order valence-corrected chi connectivity index (χ1v) is 3.14. The van der Waals surface area contributed by atoms with Crippen molar-refractivity contribution >= 4 is 17.3 Å². The minimum Gasteiger partial charge on any atom is -0.507 e. The number of nitrogens with two attached hydrogens (primary N) is 2. The molecule has 0 aromatic heterocycles. The minimum atomic E-state index is -1.29. The van der Waals surface area contributed by atoms with Gasteiger partial charge in [0.2, 0.25) is 0 Å². The largest absolute Gasteiger partial charge is 0.507 e. The Morgan fingerprint density at radius 1 is 1.33 bits per heavy atom. The molecule has 0 spiro atoms. The zero-order chi connectivity index (χ0) is 9.30. The molecule has 12 heavy (non-hydrogen) atoms. The lowest BCUT2D eigenvalue weighted by molar-refractivity contribution is 0.0695. The number of rotatable bonds is 1. The summed E-state index contributed by atoms with van der Waals surface area (Å²) in [6, 6.07) is 2.53. The SMILES string of the molecule is Nc1ccc(O)c(C(=O)O)c1N. The van der Waals surface area contributed by atoms with Crippen LogP contribution in [0.25, 0.3) is 0 Å². The smallest absolute Gasteiger partial charge is 0.341 e. The number of carboxylic acid groups (broad SMARTS) is 1. The van der Waals surface area contributed by atoms with E-state index in [1.807, 2.05) is 0 Å². The Bertz CT molecular complexity index is 336. The number of carboxylic acids is 1. The Morgan fingerprint density at radius 2 is 1.92 bits per heavy atom. The maximum absolute atomic E-state index is 10.5. The molecule has 0 atom stereocenters. The highest BCUT2D eigenvalue weighted by atomic mass is 16.4. The van der Waals surface area contributed by atoms with Crippen LogP contribution < -0.4 is 11.5 Å². The summed E-state index contributed by atoms with van der Waals surface area (Å²) in [5.41, 5.74) is 10.3. The zero-order valence-electron chi connectivity index (χ0n) is 6.11. The van der Waals surface area contributed by atoms with Gasteiger partial charge in [-0.3, -0.25) is 0 Å². The highest BCUT2D eigenvalue weighted by molar-refractivity contribution is 5.99. The molecule has 0 fully saturated rings. The summed E-state index contributed by atoms with van der Waals surface area (Å²) in [5.74, 6) is -1.67. The number of nitrogen functional groups attached to an aromatic ring is 2. The van der Waals surface area contributed by atoms with E-state index >= 15 is 0 Å². The van der Waals surface area contributed by atoms with Gasteiger partial charge >= 0.3 is 5.97 Å². The number of anilines is 2. The Hall–Kier alpha value is -1.91. The molecule has 1 rings (SSSR count). The molecule has 0 aliphatic heterocycles. The number of aromatic hydroxyl groups is 1. The molecule has 0 aliphatic rings. The molecule has 0 amide bonds. The summed E-state index contributed by atoms with van der Waals surface area (Å²) in [6.45, 7) is 0. The highest BCUT2D eigenvalue weighted by Crippen LogP contribution is 2.28. The van der Waals surface area contributed by atoms with Gasteiger partial charge in [-0.15, -0.1) is 0 Å². The van der Waals surface area contributed by atoms with Crippen molar-refractivity contribution in [1.29, 1.82) is 0 Å². The number of carbonyl (C=O) groups is 1. The van der Waals surface area contributed by atoms with Crippen LogP contribution in [0, 0.1) is 0 Å². The second-order valence-electron chi connectivity index (χ2n) is 2.27. The Balaban J connectivity index is 3.43. The predicted octanol–water partition coefficient (Wildman–Crippen LogP) is 0.255. The maximum atomic E-state index is 10.5. The summed E-state index contributed by atoms with van der Waals surface area (Å²) in [6.07, 6.45) is 0. The monoisotopic (exact) mass is 168 g/mol. The van der Waals surface area contributed by atoms with E-state index in [1.165, 1.54) is 12.1 Å². The minimum absolute atomic E-state index is 0.109. The first-order chi connectivity index (χ1) is 5.54. The first kappa shape index (κ1) is 8.19. The zero-order valence-corrected chi connectivity index (χ0v) is 6.11. The first-order valence-electron chi connectivity index (χ1n) is 3.14. The van der Waals surface area contributed by atoms with Crippen molar-refractivity contribution < 1.29 is 15.0 Å². The molecule has 0 saturated heterocycles. The molecule has 0 bridgehead atoms. The van der Waals surface area contributed by atoms with E-state index in [9.17, 15) is 4.79 Å². The Kier molecular flexibility index (Phi) is 1.78. The molecule has 1 aromatic rings. The van der Waals surface area contributed by atoms with Crippen molar-refractivity contribution in [2.24, 2.45) is 0 Å². The predicted molar refractivity (Wildman–Crippen MR) is 43.9 cm³/mol. The third-order valence-electron chi connectivity index (χ3n) is 1.47. The van der Waals surface area contributed by atoms with E-state index in [2.05, 4.69) is 0 Å². The standard InChI is InChI=1S/C7H8N2O3/c8-3-1-2-4(10)5(6(3)9)7(11)12/h1-2,10H,8-9H2,(H,11,12). The van der Waals surface area contributed by atoms with Crippen LogP contribution in [-0.4, -0.2) is 16.2 Å². The van der Waals surface area contributed by atoms with Gasteiger partial charge in [0.15, 0.2) is 0 Å². The van der Waals surface area contributed by atoms with Gasteiger partial charge in [-0.25, -0.2) is 4.79 Å². The van der Waals surface area contributed by atoms with Crippen molar-refractivity contribution in [3.05, 3.63) is 17.7 Å². The van der Waals surface area contributed by atoms with Gasteiger partial charge in [-0.2, -0.15) is 0 Å². The fourth-order valence-electron chi connectivity index (χ4n) is 0.849. The van der Waals surface area contributed by atoms with Crippen LogP contribution in [0.2, 0.25) is 0 Å². The van der Waals surface area contributed by atoms with E-state index < -0.39 is 5.97 Å². The average Bonchev–Trinajstić information content (AvgIpc) is 1.97. The molecule has 0 saturated carbocycles. The Labute approximate surface area is 68.2 Å². The van der Waals surface area contributed by atoms with Crippen molar-refractivity contribution in [1.82, 2.24) is 0 Å². The molecule has 1 aromatic carbocycles. The number of phenols is 1. The summed E-state index contributed by atoms with van der Waals surface area (Å²) in [4.78, 5) is 10.5. The summed E-state index contributed by atoms with van der Waals surface area (Å²) < 4.78 is 0.